The van der Waals surface area contributed by atoms with E-state index in [2.05, 4.69) is 32.3 Å². The van der Waals surface area contributed by atoms with E-state index in [0.29, 0.717) is 35.6 Å². The number of benzene rings is 2. The van der Waals surface area contributed by atoms with Crippen molar-refractivity contribution in [1.29, 1.82) is 0 Å². The van der Waals surface area contributed by atoms with Crippen LogP contribution in [-0.2, 0) is 11.4 Å². The van der Waals surface area contributed by atoms with Crippen LogP contribution in [0.1, 0.15) is 17.2 Å². The first kappa shape index (κ1) is 22.1. The van der Waals surface area contributed by atoms with Gasteiger partial charge in [-0.2, -0.15) is 10.1 Å². The van der Waals surface area contributed by atoms with Gasteiger partial charge in [-0.3, -0.25) is 4.79 Å². The van der Waals surface area contributed by atoms with Gasteiger partial charge >= 0.3 is 0 Å². The number of fused-ring (bicyclic) bond motifs is 1. The maximum absolute atomic E-state index is 13.4. The van der Waals surface area contributed by atoms with Crippen molar-refractivity contribution in [3.8, 4) is 11.5 Å². The fraction of sp³-hybridized carbons (Fsp3) is 0.154. The second kappa shape index (κ2) is 9.68. The molecule has 2 unspecified atom stereocenters. The van der Waals surface area contributed by atoms with E-state index in [-0.39, 0.29) is 5.91 Å². The van der Waals surface area contributed by atoms with Crippen LogP contribution < -0.4 is 20.1 Å². The zero-order valence-electron chi connectivity index (χ0n) is 19.1. The van der Waals surface area contributed by atoms with Gasteiger partial charge in [-0.1, -0.05) is 49.0 Å². The lowest BCUT2D eigenvalue weighted by atomic mass is 9.88. The van der Waals surface area contributed by atoms with Gasteiger partial charge in [-0.25, -0.2) is 9.67 Å². The molecular weight excluding hydrogens is 444 g/mol. The molecular formula is C26H24N6O3. The third-order valence-corrected chi connectivity index (χ3v) is 5.77. The number of amides is 1. The summed E-state index contributed by atoms with van der Waals surface area (Å²) in [6.45, 7) is 4.51. The fourth-order valence-corrected chi connectivity index (χ4v) is 4.09. The topological polar surface area (TPSA) is 103 Å². The smallest absolute Gasteiger partial charge is 0.237 e. The molecule has 2 atom stereocenters. The predicted molar refractivity (Wildman–Crippen MR) is 131 cm³/mol. The highest BCUT2D eigenvalue weighted by Gasteiger charge is 2.40. The van der Waals surface area contributed by atoms with Gasteiger partial charge in [0.05, 0.1) is 13.2 Å². The minimum atomic E-state index is -0.688. The van der Waals surface area contributed by atoms with Crippen LogP contribution in [0, 0.1) is 5.92 Å². The Bertz CT molecular complexity index is 1340. The van der Waals surface area contributed by atoms with E-state index in [1.54, 1.807) is 30.1 Å². The molecule has 1 aliphatic heterocycles. The Morgan fingerprint density at radius 1 is 1.09 bits per heavy atom. The molecule has 0 saturated heterocycles. The normalized spacial score (nSPS) is 16.7. The number of nitrogens with one attached hydrogen (secondary N) is 2. The second-order valence-corrected chi connectivity index (χ2v) is 7.99. The van der Waals surface area contributed by atoms with Crippen LogP contribution in [0.2, 0.25) is 0 Å². The lowest BCUT2D eigenvalue weighted by Gasteiger charge is -2.33. The number of aromatic nitrogens is 4. The van der Waals surface area contributed by atoms with Gasteiger partial charge in [0, 0.05) is 11.9 Å². The number of nitrogens with zero attached hydrogens (tertiary/aromatic N) is 4. The molecule has 2 aromatic heterocycles. The highest BCUT2D eigenvalue weighted by Crippen LogP contribution is 2.40. The number of carbonyl (C=O) groups is 1. The van der Waals surface area contributed by atoms with Gasteiger partial charge in [0.25, 0.3) is 0 Å². The number of carbonyl (C=O) groups excluding carboxylic acids is 1. The number of hydrogen-bond donors (Lipinski definition) is 2. The molecule has 0 bridgehead atoms. The Labute approximate surface area is 202 Å². The first-order chi connectivity index (χ1) is 17.1. The standard InChI is InChI=1S/C26H24N6O3/c1-17-23(25(33)31-22-10-6-7-13-27-22)24(32-26(30-17)28-16-29-32)19-11-12-20(21(14-19)34-2)35-15-18-8-4-3-5-9-18/h3-14,16,23-24H,1,15H2,2H3,(H,27,31,33)(H,28,29,30). The molecule has 1 amide bonds. The van der Waals surface area contributed by atoms with Crippen LogP contribution in [0.5, 0.6) is 11.5 Å². The Morgan fingerprint density at radius 2 is 1.91 bits per heavy atom. The predicted octanol–water partition coefficient (Wildman–Crippen LogP) is 4.04. The number of anilines is 2. The quantitative estimate of drug-likeness (QED) is 0.422. The van der Waals surface area contributed by atoms with Crippen molar-refractivity contribution in [2.24, 2.45) is 5.92 Å². The lowest BCUT2D eigenvalue weighted by molar-refractivity contribution is -0.119. The van der Waals surface area contributed by atoms with E-state index in [1.165, 1.54) is 6.33 Å². The van der Waals surface area contributed by atoms with E-state index in [0.717, 1.165) is 11.1 Å². The lowest BCUT2D eigenvalue weighted by Crippen LogP contribution is -2.39. The number of ether oxygens (including phenoxy) is 2. The average molecular weight is 469 g/mol. The van der Waals surface area contributed by atoms with Gasteiger partial charge in [0.2, 0.25) is 11.9 Å². The highest BCUT2D eigenvalue weighted by atomic mass is 16.5. The highest BCUT2D eigenvalue weighted by molar-refractivity contribution is 5.95. The van der Waals surface area contributed by atoms with Crippen LogP contribution >= 0.6 is 0 Å². The van der Waals surface area contributed by atoms with Crippen molar-refractivity contribution < 1.29 is 14.3 Å². The molecule has 0 spiro atoms. The van der Waals surface area contributed by atoms with Gasteiger partial charge in [-0.15, -0.1) is 0 Å². The molecule has 1 aliphatic rings. The van der Waals surface area contributed by atoms with E-state index < -0.39 is 12.0 Å². The summed E-state index contributed by atoms with van der Waals surface area (Å²) in [5.41, 5.74) is 2.35. The molecule has 0 aliphatic carbocycles. The molecule has 9 nitrogen and oxygen atoms in total. The second-order valence-electron chi connectivity index (χ2n) is 7.99. The van der Waals surface area contributed by atoms with Crippen molar-refractivity contribution in [2.45, 2.75) is 12.6 Å². The van der Waals surface area contributed by atoms with Crippen LogP contribution in [0.25, 0.3) is 0 Å². The first-order valence-electron chi connectivity index (χ1n) is 11.1. The molecule has 0 radical (unpaired) electrons. The summed E-state index contributed by atoms with van der Waals surface area (Å²) in [6, 6.07) is 20.3. The van der Waals surface area contributed by atoms with Gasteiger partial charge < -0.3 is 20.1 Å². The summed E-state index contributed by atoms with van der Waals surface area (Å²) in [4.78, 5) is 21.9. The molecule has 176 valence electrons. The van der Waals surface area contributed by atoms with Crippen LogP contribution in [0.15, 0.2) is 91.5 Å². The number of methoxy groups -OCH3 is 1. The number of hydrogen-bond acceptors (Lipinski definition) is 7. The summed E-state index contributed by atoms with van der Waals surface area (Å²) in [6.07, 6.45) is 3.06. The molecule has 4 aromatic rings. The van der Waals surface area contributed by atoms with Crippen LogP contribution in [0.3, 0.4) is 0 Å². The van der Waals surface area contributed by atoms with E-state index in [9.17, 15) is 4.79 Å². The third kappa shape index (κ3) is 4.56. The van der Waals surface area contributed by atoms with E-state index in [4.69, 9.17) is 9.47 Å². The molecule has 2 aromatic carbocycles. The van der Waals surface area contributed by atoms with Crippen molar-refractivity contribution in [2.75, 3.05) is 17.7 Å². The molecule has 35 heavy (non-hydrogen) atoms. The van der Waals surface area contributed by atoms with Gasteiger partial charge in [0.1, 0.15) is 24.7 Å². The Morgan fingerprint density at radius 3 is 2.69 bits per heavy atom. The number of pyridine rings is 1. The first-order valence-corrected chi connectivity index (χ1v) is 11.1. The minimum Gasteiger partial charge on any atom is -0.493 e. The van der Waals surface area contributed by atoms with Crippen molar-refractivity contribution >= 4 is 17.7 Å². The van der Waals surface area contributed by atoms with Gasteiger partial charge in [-0.05, 0) is 35.4 Å². The monoisotopic (exact) mass is 468 g/mol. The summed E-state index contributed by atoms with van der Waals surface area (Å²) in [5.74, 6) is 1.15. The third-order valence-electron chi connectivity index (χ3n) is 5.77. The molecule has 3 heterocycles. The zero-order chi connectivity index (χ0) is 24.2. The summed E-state index contributed by atoms with van der Waals surface area (Å²) in [7, 11) is 1.59. The van der Waals surface area contributed by atoms with E-state index in [1.807, 2.05) is 54.6 Å². The molecule has 5 rings (SSSR count). The molecule has 0 saturated carbocycles. The van der Waals surface area contributed by atoms with Gasteiger partial charge in [0.15, 0.2) is 11.5 Å². The molecule has 2 N–H and O–H groups in total. The minimum absolute atomic E-state index is 0.268. The Kier molecular flexibility index (Phi) is 6.13. The average Bonchev–Trinajstić information content (AvgIpc) is 3.35. The van der Waals surface area contributed by atoms with Crippen molar-refractivity contribution in [1.82, 2.24) is 19.7 Å². The maximum Gasteiger partial charge on any atom is 0.237 e. The zero-order valence-corrected chi connectivity index (χ0v) is 19.1. The largest absolute Gasteiger partial charge is 0.493 e. The SMILES string of the molecule is C=C1Nc2ncnn2C(c2ccc(OCc3ccccc3)c(OC)c2)C1C(=O)Nc1ccccn1. The Balaban J connectivity index is 1.47. The maximum atomic E-state index is 13.4. The molecule has 0 fully saturated rings. The van der Waals surface area contributed by atoms with Crippen molar-refractivity contribution in [3.63, 3.8) is 0 Å². The van der Waals surface area contributed by atoms with Crippen LogP contribution in [0.4, 0.5) is 11.8 Å². The van der Waals surface area contributed by atoms with Crippen LogP contribution in [-0.4, -0.2) is 32.8 Å². The fourth-order valence-electron chi connectivity index (χ4n) is 4.09. The summed E-state index contributed by atoms with van der Waals surface area (Å²) in [5, 5.41) is 10.3. The van der Waals surface area contributed by atoms with E-state index >= 15 is 0 Å². The summed E-state index contributed by atoms with van der Waals surface area (Å²) >= 11 is 0. The molecule has 9 heteroatoms. The number of rotatable bonds is 7. The Hall–Kier alpha value is -4.66. The summed E-state index contributed by atoms with van der Waals surface area (Å²) < 4.78 is 13.3. The van der Waals surface area contributed by atoms with Crippen molar-refractivity contribution in [3.05, 3.63) is 103 Å².